The molecule has 17 heavy (non-hydrogen) atoms. The monoisotopic (exact) mass is 259 g/mol. The van der Waals surface area contributed by atoms with Crippen LogP contribution in [0.5, 0.6) is 0 Å². The van der Waals surface area contributed by atoms with E-state index in [2.05, 4.69) is 0 Å². The van der Waals surface area contributed by atoms with E-state index in [1.54, 1.807) is 19.2 Å². The third kappa shape index (κ3) is 4.26. The van der Waals surface area contributed by atoms with E-state index in [4.69, 9.17) is 22.1 Å². The number of benzene rings is 1. The highest BCUT2D eigenvalue weighted by molar-refractivity contribution is 6.30. The first-order chi connectivity index (χ1) is 7.85. The molecule has 0 saturated carbocycles. The predicted molar refractivity (Wildman–Crippen MR) is 68.7 cm³/mol. The van der Waals surface area contributed by atoms with Gasteiger partial charge in [-0.2, -0.15) is 0 Å². The first kappa shape index (κ1) is 14.4. The van der Waals surface area contributed by atoms with Gasteiger partial charge in [0.15, 0.2) is 0 Å². The second-order valence-corrected chi connectivity index (χ2v) is 5.19. The van der Waals surface area contributed by atoms with Gasteiger partial charge in [0.25, 0.3) is 0 Å². The van der Waals surface area contributed by atoms with Crippen LogP contribution in [0.2, 0.25) is 5.02 Å². The van der Waals surface area contributed by atoms with Crippen LogP contribution in [0.15, 0.2) is 18.2 Å². The minimum atomic E-state index is -0.417. The van der Waals surface area contributed by atoms with E-state index in [0.29, 0.717) is 0 Å². The fourth-order valence-electron chi connectivity index (χ4n) is 1.51. The molecule has 4 heteroatoms. The van der Waals surface area contributed by atoms with Crippen LogP contribution in [-0.4, -0.2) is 12.7 Å². The average molecular weight is 260 g/mol. The Morgan fingerprint density at radius 1 is 1.47 bits per heavy atom. The maximum Gasteiger partial charge on any atom is 0.141 e. The van der Waals surface area contributed by atoms with Crippen LogP contribution in [0.3, 0.4) is 0 Å². The summed E-state index contributed by atoms with van der Waals surface area (Å²) < 4.78 is 18.3. The normalized spacial score (nSPS) is 13.8. The molecule has 2 N–H and O–H groups in total. The van der Waals surface area contributed by atoms with Crippen molar-refractivity contribution in [2.24, 2.45) is 5.73 Å². The molecule has 1 rings (SSSR count). The van der Waals surface area contributed by atoms with Crippen molar-refractivity contribution in [2.75, 3.05) is 7.11 Å². The van der Waals surface area contributed by atoms with Gasteiger partial charge in [-0.3, -0.25) is 0 Å². The van der Waals surface area contributed by atoms with Crippen LogP contribution < -0.4 is 5.73 Å². The summed E-state index contributed by atoms with van der Waals surface area (Å²) in [7, 11) is 1.68. The summed E-state index contributed by atoms with van der Waals surface area (Å²) in [5.74, 6) is -0.417. The maximum absolute atomic E-state index is 13.0. The van der Waals surface area contributed by atoms with Crippen molar-refractivity contribution in [2.45, 2.75) is 38.3 Å². The molecule has 1 unspecified atom stereocenters. The number of hydrogen-bond acceptors (Lipinski definition) is 2. The van der Waals surface area contributed by atoms with Gasteiger partial charge < -0.3 is 10.5 Å². The van der Waals surface area contributed by atoms with Crippen LogP contribution in [0.1, 0.15) is 38.3 Å². The van der Waals surface area contributed by atoms with Gasteiger partial charge in [0.2, 0.25) is 0 Å². The minimum absolute atomic E-state index is 0.115. The molecule has 0 aromatic heterocycles. The average Bonchev–Trinajstić information content (AvgIpc) is 2.30. The third-order valence-electron chi connectivity index (χ3n) is 2.98. The van der Waals surface area contributed by atoms with Crippen LogP contribution >= 0.6 is 11.6 Å². The fourth-order valence-corrected chi connectivity index (χ4v) is 1.70. The molecule has 0 heterocycles. The highest BCUT2D eigenvalue weighted by atomic mass is 35.5. The molecule has 0 saturated heterocycles. The van der Waals surface area contributed by atoms with E-state index in [9.17, 15) is 4.39 Å². The van der Waals surface area contributed by atoms with E-state index >= 15 is 0 Å². The van der Waals surface area contributed by atoms with Crippen molar-refractivity contribution in [3.05, 3.63) is 34.6 Å². The lowest BCUT2D eigenvalue weighted by molar-refractivity contribution is 0.0125. The summed E-state index contributed by atoms with van der Waals surface area (Å²) >= 11 is 5.72. The van der Waals surface area contributed by atoms with E-state index in [1.165, 1.54) is 6.07 Å². The van der Waals surface area contributed by atoms with Crippen molar-refractivity contribution >= 4 is 11.6 Å². The Morgan fingerprint density at radius 2 is 2.12 bits per heavy atom. The molecule has 0 amide bonds. The molecule has 0 spiro atoms. The standard InChI is InChI=1S/C13H19ClFNO/c1-13(2,17-3)7-6-12(16)9-4-5-11(15)10(14)8-9/h4-5,8,12H,6-7,16H2,1-3H3. The zero-order valence-corrected chi connectivity index (χ0v) is 11.2. The van der Waals surface area contributed by atoms with Crippen molar-refractivity contribution in [3.8, 4) is 0 Å². The summed E-state index contributed by atoms with van der Waals surface area (Å²) in [6, 6.07) is 4.45. The van der Waals surface area contributed by atoms with E-state index in [0.717, 1.165) is 18.4 Å². The SMILES string of the molecule is COC(C)(C)CCC(N)c1ccc(F)c(Cl)c1. The number of rotatable bonds is 5. The van der Waals surface area contributed by atoms with Gasteiger partial charge in [0.1, 0.15) is 5.82 Å². The minimum Gasteiger partial charge on any atom is -0.379 e. The Balaban J connectivity index is 2.64. The maximum atomic E-state index is 13.0. The summed E-state index contributed by atoms with van der Waals surface area (Å²) in [5.41, 5.74) is 6.70. The molecule has 0 aliphatic heterocycles. The first-order valence-corrected chi connectivity index (χ1v) is 5.99. The molecule has 1 atom stereocenters. The molecule has 96 valence electrons. The Morgan fingerprint density at radius 3 is 2.65 bits per heavy atom. The van der Waals surface area contributed by atoms with Crippen molar-refractivity contribution in [3.63, 3.8) is 0 Å². The molecule has 0 aliphatic rings. The molecule has 2 nitrogen and oxygen atoms in total. The van der Waals surface area contributed by atoms with E-state index < -0.39 is 5.82 Å². The largest absolute Gasteiger partial charge is 0.379 e. The number of hydrogen-bond donors (Lipinski definition) is 1. The second-order valence-electron chi connectivity index (χ2n) is 4.78. The molecule has 1 aromatic rings. The molecular weight excluding hydrogens is 241 g/mol. The van der Waals surface area contributed by atoms with Crippen LogP contribution in [0.4, 0.5) is 4.39 Å². The van der Waals surface area contributed by atoms with Gasteiger partial charge in [-0.1, -0.05) is 17.7 Å². The summed E-state index contributed by atoms with van der Waals surface area (Å²) in [6.45, 7) is 4.02. The van der Waals surface area contributed by atoms with Crippen LogP contribution in [0, 0.1) is 5.82 Å². The predicted octanol–water partition coefficient (Wildman–Crippen LogP) is 3.68. The first-order valence-electron chi connectivity index (χ1n) is 5.61. The molecule has 0 bridgehead atoms. The van der Waals surface area contributed by atoms with Crippen LogP contribution in [-0.2, 0) is 4.74 Å². The summed E-state index contributed by atoms with van der Waals surface area (Å²) in [6.07, 6.45) is 1.60. The van der Waals surface area contributed by atoms with Gasteiger partial charge in [-0.25, -0.2) is 4.39 Å². The van der Waals surface area contributed by atoms with E-state index in [1.807, 2.05) is 13.8 Å². The smallest absolute Gasteiger partial charge is 0.141 e. The molecule has 0 fully saturated rings. The zero-order valence-electron chi connectivity index (χ0n) is 10.5. The van der Waals surface area contributed by atoms with Crippen molar-refractivity contribution in [1.82, 2.24) is 0 Å². The summed E-state index contributed by atoms with van der Waals surface area (Å²) in [5, 5.41) is 0.115. The molecule has 1 aromatic carbocycles. The molecular formula is C13H19ClFNO. The quantitative estimate of drug-likeness (QED) is 0.875. The van der Waals surface area contributed by atoms with Crippen molar-refractivity contribution < 1.29 is 9.13 Å². The lowest BCUT2D eigenvalue weighted by Crippen LogP contribution is -2.24. The number of halogens is 2. The van der Waals surface area contributed by atoms with E-state index in [-0.39, 0.29) is 16.7 Å². The third-order valence-corrected chi connectivity index (χ3v) is 3.27. The van der Waals surface area contributed by atoms with Crippen molar-refractivity contribution in [1.29, 1.82) is 0 Å². The topological polar surface area (TPSA) is 35.2 Å². The van der Waals surface area contributed by atoms with Gasteiger partial charge in [-0.05, 0) is 44.4 Å². The number of ether oxygens (including phenoxy) is 1. The highest BCUT2D eigenvalue weighted by Crippen LogP contribution is 2.25. The Labute approximate surface area is 107 Å². The van der Waals surface area contributed by atoms with Crippen LogP contribution in [0.25, 0.3) is 0 Å². The lowest BCUT2D eigenvalue weighted by atomic mass is 9.95. The van der Waals surface area contributed by atoms with Gasteiger partial charge in [-0.15, -0.1) is 0 Å². The van der Waals surface area contributed by atoms with Gasteiger partial charge in [0.05, 0.1) is 10.6 Å². The lowest BCUT2D eigenvalue weighted by Gasteiger charge is -2.24. The fraction of sp³-hybridized carbons (Fsp3) is 0.538. The molecule has 0 radical (unpaired) electrons. The summed E-state index contributed by atoms with van der Waals surface area (Å²) in [4.78, 5) is 0. The number of methoxy groups -OCH3 is 1. The number of nitrogens with two attached hydrogens (primary N) is 1. The molecule has 0 aliphatic carbocycles. The Kier molecular flexibility index (Phi) is 4.92. The zero-order chi connectivity index (χ0) is 13.1. The Bertz CT molecular complexity index is 382. The highest BCUT2D eigenvalue weighted by Gasteiger charge is 2.18. The van der Waals surface area contributed by atoms with Gasteiger partial charge in [0, 0.05) is 13.2 Å². The second kappa shape index (κ2) is 5.80. The van der Waals surface area contributed by atoms with Gasteiger partial charge >= 0.3 is 0 Å². The Hall–Kier alpha value is -0.640.